The van der Waals surface area contributed by atoms with E-state index in [9.17, 15) is 14.7 Å². The zero-order valence-corrected chi connectivity index (χ0v) is 18.9. The number of aryl methyl sites for hydroxylation is 1. The molecule has 1 fully saturated rings. The lowest BCUT2D eigenvalue weighted by molar-refractivity contribution is -0.132. The van der Waals surface area contributed by atoms with Gasteiger partial charge >= 0.3 is 5.91 Å². The molecule has 8 nitrogen and oxygen atoms in total. The second kappa shape index (κ2) is 8.99. The van der Waals surface area contributed by atoms with Crippen molar-refractivity contribution in [1.29, 1.82) is 0 Å². The number of hydrogen-bond donors (Lipinski definition) is 1. The lowest BCUT2D eigenvalue weighted by Gasteiger charge is -2.23. The number of anilines is 1. The molecular weight excluding hydrogens is 448 g/mol. The summed E-state index contributed by atoms with van der Waals surface area (Å²) in [4.78, 5) is 27.4. The first-order chi connectivity index (χ1) is 15.8. The van der Waals surface area contributed by atoms with Crippen LogP contribution in [0.15, 0.2) is 58.6 Å². The van der Waals surface area contributed by atoms with Crippen LogP contribution in [-0.4, -0.2) is 35.7 Å². The Morgan fingerprint density at radius 3 is 2.48 bits per heavy atom. The Balaban J connectivity index is 1.89. The molecule has 0 radical (unpaired) electrons. The number of carbonyl (C=O) groups is 2. The number of benzene rings is 2. The molecule has 3 aromatic rings. The van der Waals surface area contributed by atoms with E-state index in [4.69, 9.17) is 25.6 Å². The molecule has 0 spiro atoms. The zero-order valence-electron chi connectivity index (χ0n) is 18.2. The van der Waals surface area contributed by atoms with Gasteiger partial charge < -0.3 is 19.1 Å². The van der Waals surface area contributed by atoms with Crippen molar-refractivity contribution in [1.82, 2.24) is 5.16 Å². The summed E-state index contributed by atoms with van der Waals surface area (Å²) in [6.07, 6.45) is 0. The average Bonchev–Trinajstić information content (AvgIpc) is 3.34. The number of carbonyl (C=O) groups excluding carboxylic acids is 2. The van der Waals surface area contributed by atoms with Gasteiger partial charge in [-0.3, -0.25) is 14.5 Å². The maximum Gasteiger partial charge on any atom is 0.301 e. The van der Waals surface area contributed by atoms with E-state index in [0.29, 0.717) is 29.4 Å². The number of hydrogen-bond acceptors (Lipinski definition) is 7. The summed E-state index contributed by atoms with van der Waals surface area (Å²) in [6.45, 7) is 4.04. The number of rotatable bonds is 6. The van der Waals surface area contributed by atoms with Crippen molar-refractivity contribution < 1.29 is 28.7 Å². The molecule has 1 aliphatic heterocycles. The van der Waals surface area contributed by atoms with Crippen LogP contribution in [0.4, 0.5) is 5.82 Å². The molecule has 0 bridgehead atoms. The topological polar surface area (TPSA) is 102 Å². The van der Waals surface area contributed by atoms with Crippen LogP contribution in [0.1, 0.15) is 29.9 Å². The number of ketones is 1. The first kappa shape index (κ1) is 22.4. The molecule has 1 unspecified atom stereocenters. The largest absolute Gasteiger partial charge is 0.507 e. The third-order valence-electron chi connectivity index (χ3n) is 5.24. The minimum absolute atomic E-state index is 0.0916. The number of ether oxygens (including phenoxy) is 2. The molecule has 1 N–H and O–H groups in total. The summed E-state index contributed by atoms with van der Waals surface area (Å²) in [5.74, 6) is -0.353. The predicted octanol–water partition coefficient (Wildman–Crippen LogP) is 4.67. The van der Waals surface area contributed by atoms with Crippen molar-refractivity contribution in [2.24, 2.45) is 0 Å². The van der Waals surface area contributed by atoms with Gasteiger partial charge in [-0.2, -0.15) is 0 Å². The highest BCUT2D eigenvalue weighted by molar-refractivity contribution is 6.51. The van der Waals surface area contributed by atoms with Crippen molar-refractivity contribution in [3.63, 3.8) is 0 Å². The van der Waals surface area contributed by atoms with Crippen molar-refractivity contribution >= 4 is 34.9 Å². The molecular formula is C24H21ClN2O6. The molecule has 1 atom stereocenters. The van der Waals surface area contributed by atoms with E-state index >= 15 is 0 Å². The van der Waals surface area contributed by atoms with Gasteiger partial charge in [0.05, 0.1) is 30.4 Å². The Bertz CT molecular complexity index is 1250. The predicted molar refractivity (Wildman–Crippen MR) is 122 cm³/mol. The molecule has 1 aliphatic rings. The summed E-state index contributed by atoms with van der Waals surface area (Å²) in [6, 6.07) is 12.1. The number of amides is 1. The van der Waals surface area contributed by atoms with Gasteiger partial charge in [-0.25, -0.2) is 0 Å². The molecule has 170 valence electrons. The summed E-state index contributed by atoms with van der Waals surface area (Å²) in [5.41, 5.74) is 0.761. The molecule has 9 heteroatoms. The lowest BCUT2D eigenvalue weighted by atomic mass is 9.95. The maximum absolute atomic E-state index is 13.1. The van der Waals surface area contributed by atoms with Crippen LogP contribution in [0.5, 0.6) is 11.5 Å². The smallest absolute Gasteiger partial charge is 0.301 e. The monoisotopic (exact) mass is 468 g/mol. The summed E-state index contributed by atoms with van der Waals surface area (Å²) >= 11 is 6.22. The van der Waals surface area contributed by atoms with Crippen LogP contribution < -0.4 is 14.4 Å². The third-order valence-corrected chi connectivity index (χ3v) is 5.53. The van der Waals surface area contributed by atoms with E-state index in [-0.39, 0.29) is 27.7 Å². The number of methoxy groups -OCH3 is 1. The van der Waals surface area contributed by atoms with Crippen LogP contribution in [0.25, 0.3) is 5.76 Å². The number of halogens is 1. The Labute approximate surface area is 195 Å². The van der Waals surface area contributed by atoms with Crippen molar-refractivity contribution in [2.45, 2.75) is 19.9 Å². The zero-order chi connectivity index (χ0) is 23.7. The molecule has 2 heterocycles. The average molecular weight is 469 g/mol. The van der Waals surface area contributed by atoms with Gasteiger partial charge in [-0.05, 0) is 49.7 Å². The van der Waals surface area contributed by atoms with E-state index in [0.717, 1.165) is 0 Å². The van der Waals surface area contributed by atoms with Crippen LogP contribution in [0, 0.1) is 6.92 Å². The standard InChI is InChI=1S/C24H21ClN2O6/c1-4-32-16-8-5-14(6-9-16)21-20(22(28)15-7-10-18(31-3)17(25)12-15)23(29)24(30)27(21)19-11-13(2)33-26-19/h5-12,21,28H,4H2,1-3H3/b22-20+. The second-order valence-corrected chi connectivity index (χ2v) is 7.72. The Morgan fingerprint density at radius 1 is 1.18 bits per heavy atom. The number of nitrogens with zero attached hydrogens (tertiary/aromatic N) is 2. The van der Waals surface area contributed by atoms with E-state index in [1.165, 1.54) is 18.1 Å². The van der Waals surface area contributed by atoms with Crippen LogP contribution in [0.3, 0.4) is 0 Å². The fourth-order valence-corrected chi connectivity index (χ4v) is 3.99. The van der Waals surface area contributed by atoms with E-state index < -0.39 is 17.7 Å². The fourth-order valence-electron chi connectivity index (χ4n) is 3.73. The van der Waals surface area contributed by atoms with Crippen molar-refractivity contribution in [2.75, 3.05) is 18.6 Å². The summed E-state index contributed by atoms with van der Waals surface area (Å²) in [5, 5.41) is 15.3. The highest BCUT2D eigenvalue weighted by atomic mass is 35.5. The molecule has 0 aliphatic carbocycles. The molecule has 1 saturated heterocycles. The van der Waals surface area contributed by atoms with Gasteiger partial charge in [0.1, 0.15) is 23.0 Å². The van der Waals surface area contributed by atoms with Gasteiger partial charge in [0.25, 0.3) is 5.78 Å². The van der Waals surface area contributed by atoms with E-state index in [1.807, 2.05) is 6.92 Å². The quantitative estimate of drug-likeness (QED) is 0.318. The van der Waals surface area contributed by atoms with Gasteiger partial charge in [0, 0.05) is 11.6 Å². The molecule has 1 amide bonds. The lowest BCUT2D eigenvalue weighted by Crippen LogP contribution is -2.29. The summed E-state index contributed by atoms with van der Waals surface area (Å²) < 4.78 is 15.8. The van der Waals surface area contributed by atoms with E-state index in [2.05, 4.69) is 5.16 Å². The number of Topliss-reactive ketones (excluding diaryl/α,β-unsaturated/α-hetero) is 1. The first-order valence-corrected chi connectivity index (χ1v) is 10.5. The Hall–Kier alpha value is -3.78. The Morgan fingerprint density at radius 2 is 1.91 bits per heavy atom. The van der Waals surface area contributed by atoms with Crippen LogP contribution in [0.2, 0.25) is 5.02 Å². The first-order valence-electron chi connectivity index (χ1n) is 10.2. The Kier molecular flexibility index (Phi) is 6.11. The molecule has 0 saturated carbocycles. The van der Waals surface area contributed by atoms with Gasteiger partial charge in [0.2, 0.25) is 0 Å². The van der Waals surface area contributed by atoms with Crippen LogP contribution in [-0.2, 0) is 9.59 Å². The van der Waals surface area contributed by atoms with Gasteiger partial charge in [0.15, 0.2) is 5.82 Å². The second-order valence-electron chi connectivity index (χ2n) is 7.32. The number of aliphatic hydroxyl groups excluding tert-OH is 1. The van der Waals surface area contributed by atoms with E-state index in [1.54, 1.807) is 49.4 Å². The minimum Gasteiger partial charge on any atom is -0.507 e. The van der Waals surface area contributed by atoms with Gasteiger partial charge in [-0.15, -0.1) is 0 Å². The highest BCUT2D eigenvalue weighted by Crippen LogP contribution is 2.42. The molecule has 1 aromatic heterocycles. The fraction of sp³-hybridized carbons (Fsp3) is 0.208. The maximum atomic E-state index is 13.1. The number of aromatic nitrogens is 1. The SMILES string of the molecule is CCOc1ccc(C2/C(=C(\O)c3ccc(OC)c(Cl)c3)C(=O)C(=O)N2c2cc(C)on2)cc1. The van der Waals surface area contributed by atoms with Crippen molar-refractivity contribution in [3.05, 3.63) is 76.0 Å². The molecule has 2 aromatic carbocycles. The minimum atomic E-state index is -0.939. The highest BCUT2D eigenvalue weighted by Gasteiger charge is 2.48. The number of aliphatic hydroxyl groups is 1. The normalized spacial score (nSPS) is 17.5. The summed E-state index contributed by atoms with van der Waals surface area (Å²) in [7, 11) is 1.47. The molecule has 4 rings (SSSR count). The van der Waals surface area contributed by atoms with Crippen LogP contribution >= 0.6 is 11.6 Å². The molecule has 33 heavy (non-hydrogen) atoms. The van der Waals surface area contributed by atoms with Gasteiger partial charge in [-0.1, -0.05) is 28.9 Å². The van der Waals surface area contributed by atoms with Crippen molar-refractivity contribution in [3.8, 4) is 11.5 Å². The third kappa shape index (κ3) is 4.05.